The summed E-state index contributed by atoms with van der Waals surface area (Å²) in [5.74, 6) is 1.39. The van der Waals surface area contributed by atoms with E-state index in [1.807, 2.05) is 41.8 Å². The van der Waals surface area contributed by atoms with E-state index in [9.17, 15) is 4.79 Å². The molecule has 1 N–H and O–H groups in total. The summed E-state index contributed by atoms with van der Waals surface area (Å²) in [6.45, 7) is 2.72. The Morgan fingerprint density at radius 1 is 1.33 bits per heavy atom. The van der Waals surface area contributed by atoms with E-state index in [2.05, 4.69) is 17.2 Å². The number of amides is 1. The molecule has 1 aliphatic rings. The van der Waals surface area contributed by atoms with Gasteiger partial charge in [0.15, 0.2) is 0 Å². The molecule has 4 nitrogen and oxygen atoms in total. The van der Waals surface area contributed by atoms with Crippen molar-refractivity contribution in [2.45, 2.75) is 32.8 Å². The van der Waals surface area contributed by atoms with E-state index in [0.717, 1.165) is 41.8 Å². The van der Waals surface area contributed by atoms with Crippen molar-refractivity contribution in [2.24, 2.45) is 5.92 Å². The number of ether oxygens (including phenoxy) is 1. The van der Waals surface area contributed by atoms with Gasteiger partial charge in [0, 0.05) is 40.0 Å². The zero-order valence-corrected chi connectivity index (χ0v) is 16.1. The van der Waals surface area contributed by atoms with Gasteiger partial charge < -0.3 is 10.1 Å². The van der Waals surface area contributed by atoms with Crippen LogP contribution in [-0.2, 0) is 19.4 Å². The number of carbonyl (C=O) groups is 1. The first-order chi connectivity index (χ1) is 13.2. The van der Waals surface area contributed by atoms with Gasteiger partial charge in [0.1, 0.15) is 12.4 Å². The molecule has 1 atom stereocenters. The molecule has 0 fully saturated rings. The third-order valence-electron chi connectivity index (χ3n) is 4.87. The van der Waals surface area contributed by atoms with Crippen molar-refractivity contribution in [3.05, 3.63) is 75.7 Å². The number of hydrogen-bond donors (Lipinski definition) is 1. The van der Waals surface area contributed by atoms with Crippen molar-refractivity contribution in [3.8, 4) is 5.75 Å². The van der Waals surface area contributed by atoms with Gasteiger partial charge in [-0.1, -0.05) is 19.1 Å². The maximum absolute atomic E-state index is 12.8. The third-order valence-corrected chi connectivity index (χ3v) is 5.92. The molecule has 0 radical (unpaired) electrons. The summed E-state index contributed by atoms with van der Waals surface area (Å²) in [6, 6.07) is 11.4. The van der Waals surface area contributed by atoms with Gasteiger partial charge in [-0.15, -0.1) is 11.3 Å². The van der Waals surface area contributed by atoms with Crippen molar-refractivity contribution >= 4 is 22.9 Å². The molecule has 1 aliphatic carbocycles. The molecule has 27 heavy (non-hydrogen) atoms. The highest BCUT2D eigenvalue weighted by Crippen LogP contribution is 2.33. The standard InChI is InChI=1S/C22H22N2O2S/c1-15-7-8-19-20(14-27-21(19)10-15)22(25)24-17-5-2-6-18(11-17)26-13-16-4-3-9-23-12-16/h2-6,9,11-12,14-15H,7-8,10,13H2,1H3,(H,24,25). The Bertz CT molecular complexity index is 936. The molecule has 1 unspecified atom stereocenters. The van der Waals surface area contributed by atoms with Gasteiger partial charge in [0.25, 0.3) is 5.91 Å². The third kappa shape index (κ3) is 4.19. The lowest BCUT2D eigenvalue weighted by Gasteiger charge is -2.18. The van der Waals surface area contributed by atoms with E-state index in [4.69, 9.17) is 4.74 Å². The first kappa shape index (κ1) is 17.7. The largest absolute Gasteiger partial charge is 0.489 e. The molecule has 0 bridgehead atoms. The van der Waals surface area contributed by atoms with Crippen LogP contribution in [0.25, 0.3) is 0 Å². The van der Waals surface area contributed by atoms with Gasteiger partial charge in [-0.3, -0.25) is 9.78 Å². The van der Waals surface area contributed by atoms with Gasteiger partial charge in [-0.25, -0.2) is 0 Å². The molecule has 2 aromatic heterocycles. The van der Waals surface area contributed by atoms with Gasteiger partial charge in [0.05, 0.1) is 5.56 Å². The van der Waals surface area contributed by atoms with Crippen LogP contribution in [0.3, 0.4) is 0 Å². The van der Waals surface area contributed by atoms with Crippen molar-refractivity contribution in [3.63, 3.8) is 0 Å². The summed E-state index contributed by atoms with van der Waals surface area (Å²) in [6.07, 6.45) is 6.76. The first-order valence-corrected chi connectivity index (χ1v) is 10.1. The van der Waals surface area contributed by atoms with E-state index in [1.165, 1.54) is 10.4 Å². The monoisotopic (exact) mass is 378 g/mol. The molecule has 0 saturated carbocycles. The Labute approximate surface area is 163 Å². The van der Waals surface area contributed by atoms with E-state index < -0.39 is 0 Å². The second-order valence-electron chi connectivity index (χ2n) is 7.03. The maximum Gasteiger partial charge on any atom is 0.256 e. The van der Waals surface area contributed by atoms with Crippen LogP contribution in [0.1, 0.15) is 39.7 Å². The number of benzene rings is 1. The topological polar surface area (TPSA) is 51.2 Å². The van der Waals surface area contributed by atoms with Crippen LogP contribution < -0.4 is 10.1 Å². The molecule has 0 aliphatic heterocycles. The summed E-state index contributed by atoms with van der Waals surface area (Å²) in [5, 5.41) is 5.02. The highest BCUT2D eigenvalue weighted by atomic mass is 32.1. The number of thiophene rings is 1. The van der Waals surface area contributed by atoms with Gasteiger partial charge in [-0.05, 0) is 48.9 Å². The van der Waals surface area contributed by atoms with Crippen LogP contribution in [0.15, 0.2) is 54.2 Å². The van der Waals surface area contributed by atoms with Gasteiger partial charge in [-0.2, -0.15) is 0 Å². The minimum Gasteiger partial charge on any atom is -0.489 e. The van der Waals surface area contributed by atoms with Crippen molar-refractivity contribution in [1.82, 2.24) is 4.98 Å². The highest BCUT2D eigenvalue weighted by Gasteiger charge is 2.23. The Hall–Kier alpha value is -2.66. The molecular formula is C22H22N2O2S. The maximum atomic E-state index is 12.8. The van der Waals surface area contributed by atoms with Gasteiger partial charge >= 0.3 is 0 Å². The quantitative estimate of drug-likeness (QED) is 0.672. The van der Waals surface area contributed by atoms with E-state index in [-0.39, 0.29) is 5.91 Å². The van der Waals surface area contributed by atoms with Crippen molar-refractivity contribution < 1.29 is 9.53 Å². The summed E-state index contributed by atoms with van der Waals surface area (Å²) in [4.78, 5) is 18.2. The smallest absolute Gasteiger partial charge is 0.256 e. The van der Waals surface area contributed by atoms with Crippen LogP contribution in [0.2, 0.25) is 0 Å². The molecule has 4 rings (SSSR count). The zero-order valence-electron chi connectivity index (χ0n) is 15.3. The number of anilines is 1. The fourth-order valence-electron chi connectivity index (χ4n) is 3.38. The van der Waals surface area contributed by atoms with Crippen LogP contribution in [-0.4, -0.2) is 10.9 Å². The minimum absolute atomic E-state index is 0.0357. The predicted octanol–water partition coefficient (Wildman–Crippen LogP) is 5.10. The Morgan fingerprint density at radius 2 is 2.26 bits per heavy atom. The number of nitrogens with zero attached hydrogens (tertiary/aromatic N) is 1. The Balaban J connectivity index is 1.43. The lowest BCUT2D eigenvalue weighted by atomic mass is 9.88. The zero-order chi connectivity index (χ0) is 18.6. The number of rotatable bonds is 5. The molecule has 0 spiro atoms. The lowest BCUT2D eigenvalue weighted by Crippen LogP contribution is -2.16. The average molecular weight is 378 g/mol. The second kappa shape index (κ2) is 7.92. The highest BCUT2D eigenvalue weighted by molar-refractivity contribution is 7.10. The fourth-order valence-corrected chi connectivity index (χ4v) is 4.62. The van der Waals surface area contributed by atoms with Crippen LogP contribution in [0.4, 0.5) is 5.69 Å². The summed E-state index contributed by atoms with van der Waals surface area (Å²) in [7, 11) is 0. The average Bonchev–Trinajstić information content (AvgIpc) is 3.10. The molecule has 0 saturated heterocycles. The molecule has 1 aromatic carbocycles. The Kier molecular flexibility index (Phi) is 5.21. The summed E-state index contributed by atoms with van der Waals surface area (Å²) < 4.78 is 5.82. The second-order valence-corrected chi connectivity index (χ2v) is 8.00. The number of hydrogen-bond acceptors (Lipinski definition) is 4. The summed E-state index contributed by atoms with van der Waals surface area (Å²) in [5.41, 5.74) is 3.81. The van der Waals surface area contributed by atoms with Crippen molar-refractivity contribution in [1.29, 1.82) is 0 Å². The first-order valence-electron chi connectivity index (χ1n) is 9.21. The number of fused-ring (bicyclic) bond motifs is 1. The lowest BCUT2D eigenvalue weighted by molar-refractivity contribution is 0.102. The van der Waals surface area contributed by atoms with Gasteiger partial charge in [0.2, 0.25) is 0 Å². The normalized spacial score (nSPS) is 15.8. The van der Waals surface area contributed by atoms with Crippen LogP contribution in [0.5, 0.6) is 5.75 Å². The number of nitrogens with one attached hydrogen (secondary N) is 1. The summed E-state index contributed by atoms with van der Waals surface area (Å²) >= 11 is 1.71. The molecule has 2 heterocycles. The van der Waals surface area contributed by atoms with E-state index in [0.29, 0.717) is 12.5 Å². The van der Waals surface area contributed by atoms with E-state index >= 15 is 0 Å². The van der Waals surface area contributed by atoms with Crippen molar-refractivity contribution in [2.75, 3.05) is 5.32 Å². The van der Waals surface area contributed by atoms with Crippen LogP contribution >= 0.6 is 11.3 Å². The van der Waals surface area contributed by atoms with Crippen LogP contribution in [0, 0.1) is 5.92 Å². The SMILES string of the molecule is CC1CCc2c(C(=O)Nc3cccc(OCc4cccnc4)c3)csc2C1. The number of pyridine rings is 1. The predicted molar refractivity (Wildman–Crippen MR) is 108 cm³/mol. The van der Waals surface area contributed by atoms with E-state index in [1.54, 1.807) is 23.7 Å². The Morgan fingerprint density at radius 3 is 3.11 bits per heavy atom. The molecule has 5 heteroatoms. The minimum atomic E-state index is -0.0357. The molecule has 3 aromatic rings. The number of aromatic nitrogens is 1. The molecule has 1 amide bonds. The molecular weight excluding hydrogens is 356 g/mol. The fraction of sp³-hybridized carbons (Fsp3) is 0.273. The number of carbonyl (C=O) groups excluding carboxylic acids is 1. The molecule has 138 valence electrons.